The highest BCUT2D eigenvalue weighted by atomic mass is 16.3. The number of rotatable bonds is 1. The highest BCUT2D eigenvalue weighted by Gasteiger charge is 2.32. The van der Waals surface area contributed by atoms with Crippen LogP contribution in [0.2, 0.25) is 0 Å². The third-order valence-electron chi connectivity index (χ3n) is 3.31. The lowest BCUT2D eigenvalue weighted by atomic mass is 9.72. The molecule has 1 rings (SSSR count). The summed E-state index contributed by atoms with van der Waals surface area (Å²) in [5.74, 6) is 1.36. The molecule has 1 saturated carbocycles. The van der Waals surface area contributed by atoms with Gasteiger partial charge in [-0.25, -0.2) is 0 Å². The smallest absolute Gasteiger partial charge is 0.0616 e. The van der Waals surface area contributed by atoms with Gasteiger partial charge in [0, 0.05) is 0 Å². The maximum atomic E-state index is 10.1. The van der Waals surface area contributed by atoms with Crippen LogP contribution in [0.25, 0.3) is 0 Å². The zero-order chi connectivity index (χ0) is 10.1. The van der Waals surface area contributed by atoms with Crippen molar-refractivity contribution in [1.82, 2.24) is 0 Å². The lowest BCUT2D eigenvalue weighted by molar-refractivity contribution is -0.00923. The van der Waals surface area contributed by atoms with Crippen LogP contribution in [0, 0.1) is 17.3 Å². The van der Waals surface area contributed by atoms with Gasteiger partial charge in [0.25, 0.3) is 0 Å². The molecule has 78 valence electrons. The Morgan fingerprint density at radius 2 is 1.85 bits per heavy atom. The van der Waals surface area contributed by atoms with Gasteiger partial charge in [0.15, 0.2) is 0 Å². The fourth-order valence-corrected chi connectivity index (χ4v) is 2.47. The van der Waals surface area contributed by atoms with Gasteiger partial charge in [-0.15, -0.1) is 0 Å². The van der Waals surface area contributed by atoms with Crippen molar-refractivity contribution in [2.45, 2.75) is 59.5 Å². The summed E-state index contributed by atoms with van der Waals surface area (Å²) in [4.78, 5) is 0. The molecule has 0 aliphatic heterocycles. The van der Waals surface area contributed by atoms with E-state index in [0.717, 1.165) is 5.92 Å². The monoisotopic (exact) mass is 184 g/mol. The standard InChI is InChI=1S/C12H24O/c1-9-6-5-7-10(8-9)11(13)12(2,3)4/h9-11,13H,5-8H2,1-4H3. The lowest BCUT2D eigenvalue weighted by Crippen LogP contribution is -2.36. The molecule has 0 heterocycles. The molecule has 1 N–H and O–H groups in total. The normalized spacial score (nSPS) is 33.0. The molecule has 3 atom stereocenters. The van der Waals surface area contributed by atoms with Crippen LogP contribution < -0.4 is 0 Å². The van der Waals surface area contributed by atoms with Gasteiger partial charge >= 0.3 is 0 Å². The zero-order valence-corrected chi connectivity index (χ0v) is 9.51. The van der Waals surface area contributed by atoms with Gasteiger partial charge in [-0.1, -0.05) is 40.5 Å². The molecule has 0 radical (unpaired) electrons. The molecule has 0 amide bonds. The Balaban J connectivity index is 2.51. The van der Waals surface area contributed by atoms with E-state index in [4.69, 9.17) is 0 Å². The highest BCUT2D eigenvalue weighted by molar-refractivity contribution is 4.83. The van der Waals surface area contributed by atoms with E-state index in [2.05, 4.69) is 27.7 Å². The SMILES string of the molecule is CC1CCCC(C(O)C(C)(C)C)C1. The first-order chi connectivity index (χ1) is 5.91. The Morgan fingerprint density at radius 3 is 2.31 bits per heavy atom. The summed E-state index contributed by atoms with van der Waals surface area (Å²) in [5, 5.41) is 10.1. The van der Waals surface area contributed by atoms with Crippen LogP contribution in [0.4, 0.5) is 0 Å². The predicted octanol–water partition coefficient (Wildman–Crippen LogP) is 3.22. The van der Waals surface area contributed by atoms with Crippen LogP contribution in [-0.2, 0) is 0 Å². The van der Waals surface area contributed by atoms with Gasteiger partial charge in [-0.2, -0.15) is 0 Å². The molecule has 3 unspecified atom stereocenters. The first kappa shape index (κ1) is 11.0. The molecule has 1 aliphatic carbocycles. The molecule has 13 heavy (non-hydrogen) atoms. The molecular weight excluding hydrogens is 160 g/mol. The minimum atomic E-state index is -0.116. The molecule has 0 spiro atoms. The van der Waals surface area contributed by atoms with Crippen LogP contribution in [0.1, 0.15) is 53.4 Å². The number of aliphatic hydroxyl groups is 1. The van der Waals surface area contributed by atoms with E-state index in [1.807, 2.05) is 0 Å². The minimum Gasteiger partial charge on any atom is -0.392 e. The van der Waals surface area contributed by atoms with E-state index >= 15 is 0 Å². The van der Waals surface area contributed by atoms with Crippen molar-refractivity contribution < 1.29 is 5.11 Å². The largest absolute Gasteiger partial charge is 0.392 e. The van der Waals surface area contributed by atoms with Crippen LogP contribution in [0.15, 0.2) is 0 Å². The van der Waals surface area contributed by atoms with Crippen LogP contribution in [0.5, 0.6) is 0 Å². The first-order valence-electron chi connectivity index (χ1n) is 5.59. The molecule has 1 heteroatoms. The van der Waals surface area contributed by atoms with Crippen LogP contribution >= 0.6 is 0 Å². The summed E-state index contributed by atoms with van der Waals surface area (Å²) in [6.07, 6.45) is 4.99. The Morgan fingerprint density at radius 1 is 1.23 bits per heavy atom. The Hall–Kier alpha value is -0.0400. The second-order valence-electron chi connectivity index (χ2n) is 5.84. The maximum absolute atomic E-state index is 10.1. The van der Waals surface area contributed by atoms with Crippen molar-refractivity contribution in [2.75, 3.05) is 0 Å². The fraction of sp³-hybridized carbons (Fsp3) is 1.00. The van der Waals surface area contributed by atoms with E-state index in [1.54, 1.807) is 0 Å². The molecular formula is C12H24O. The fourth-order valence-electron chi connectivity index (χ4n) is 2.47. The van der Waals surface area contributed by atoms with Gasteiger partial charge in [-0.05, 0) is 30.1 Å². The van der Waals surface area contributed by atoms with Gasteiger partial charge in [-0.3, -0.25) is 0 Å². The van der Waals surface area contributed by atoms with Crippen LogP contribution in [-0.4, -0.2) is 11.2 Å². The lowest BCUT2D eigenvalue weighted by Gasteiger charge is -2.37. The minimum absolute atomic E-state index is 0.0573. The molecule has 0 saturated heterocycles. The summed E-state index contributed by atoms with van der Waals surface area (Å²) in [6, 6.07) is 0. The Labute approximate surface area is 82.5 Å². The van der Waals surface area contributed by atoms with Crippen molar-refractivity contribution in [2.24, 2.45) is 17.3 Å². The van der Waals surface area contributed by atoms with Gasteiger partial charge < -0.3 is 5.11 Å². The summed E-state index contributed by atoms with van der Waals surface area (Å²) >= 11 is 0. The van der Waals surface area contributed by atoms with Crippen molar-refractivity contribution in [1.29, 1.82) is 0 Å². The Kier molecular flexibility index (Phi) is 3.39. The summed E-state index contributed by atoms with van der Waals surface area (Å²) in [6.45, 7) is 8.71. The molecule has 0 bridgehead atoms. The first-order valence-corrected chi connectivity index (χ1v) is 5.59. The van der Waals surface area contributed by atoms with Crippen molar-refractivity contribution in [3.8, 4) is 0 Å². The molecule has 1 fully saturated rings. The van der Waals surface area contributed by atoms with Crippen molar-refractivity contribution in [3.05, 3.63) is 0 Å². The summed E-state index contributed by atoms with van der Waals surface area (Å²) < 4.78 is 0. The predicted molar refractivity (Wildman–Crippen MR) is 56.6 cm³/mol. The van der Waals surface area contributed by atoms with E-state index < -0.39 is 0 Å². The van der Waals surface area contributed by atoms with Gasteiger partial charge in [0.1, 0.15) is 0 Å². The zero-order valence-electron chi connectivity index (χ0n) is 9.51. The second kappa shape index (κ2) is 4.00. The maximum Gasteiger partial charge on any atom is 0.0616 e. The molecule has 0 aromatic carbocycles. The average Bonchev–Trinajstić information content (AvgIpc) is 2.01. The van der Waals surface area contributed by atoms with Crippen LogP contribution in [0.3, 0.4) is 0 Å². The Bertz CT molecular complexity index is 157. The molecule has 1 nitrogen and oxygen atoms in total. The van der Waals surface area contributed by atoms with E-state index in [0.29, 0.717) is 5.92 Å². The van der Waals surface area contributed by atoms with Crippen molar-refractivity contribution >= 4 is 0 Å². The molecule has 0 aromatic rings. The van der Waals surface area contributed by atoms with Gasteiger partial charge in [0.2, 0.25) is 0 Å². The third kappa shape index (κ3) is 2.98. The number of hydrogen-bond acceptors (Lipinski definition) is 1. The van der Waals surface area contributed by atoms with E-state index in [9.17, 15) is 5.11 Å². The van der Waals surface area contributed by atoms with Crippen molar-refractivity contribution in [3.63, 3.8) is 0 Å². The topological polar surface area (TPSA) is 20.2 Å². The summed E-state index contributed by atoms with van der Waals surface area (Å²) in [5.41, 5.74) is 0.0573. The molecule has 1 aliphatic rings. The quantitative estimate of drug-likeness (QED) is 0.663. The van der Waals surface area contributed by atoms with E-state index in [-0.39, 0.29) is 11.5 Å². The number of hydrogen-bond donors (Lipinski definition) is 1. The second-order valence-corrected chi connectivity index (χ2v) is 5.84. The molecule has 0 aromatic heterocycles. The third-order valence-corrected chi connectivity index (χ3v) is 3.31. The summed E-state index contributed by atoms with van der Waals surface area (Å²) in [7, 11) is 0. The van der Waals surface area contributed by atoms with E-state index in [1.165, 1.54) is 25.7 Å². The number of aliphatic hydroxyl groups excluding tert-OH is 1. The highest BCUT2D eigenvalue weighted by Crippen LogP contribution is 2.36. The van der Waals surface area contributed by atoms with Gasteiger partial charge in [0.05, 0.1) is 6.10 Å². The average molecular weight is 184 g/mol.